The number of halogens is 2. The summed E-state index contributed by atoms with van der Waals surface area (Å²) in [6, 6.07) is 3.79. The SMILES string of the molecule is COCC1(C(=O)NCc2ccc(Cl)s2)CCNCC1.Cl. The van der Waals surface area contributed by atoms with Crippen LogP contribution in [0.3, 0.4) is 0 Å². The monoisotopic (exact) mass is 338 g/mol. The second-order valence-corrected chi connectivity index (χ2v) is 6.65. The van der Waals surface area contributed by atoms with Crippen LogP contribution in [0.15, 0.2) is 12.1 Å². The Labute approximate surface area is 134 Å². The number of piperidine rings is 1. The van der Waals surface area contributed by atoms with E-state index < -0.39 is 0 Å². The van der Waals surface area contributed by atoms with Gasteiger partial charge in [-0.15, -0.1) is 23.7 Å². The van der Waals surface area contributed by atoms with Gasteiger partial charge in [0.2, 0.25) is 5.91 Å². The third-order valence-electron chi connectivity index (χ3n) is 3.51. The molecule has 0 atom stereocenters. The Morgan fingerprint density at radius 1 is 1.50 bits per heavy atom. The number of methoxy groups -OCH3 is 1. The van der Waals surface area contributed by atoms with Gasteiger partial charge in [0.15, 0.2) is 0 Å². The molecule has 7 heteroatoms. The molecule has 2 rings (SSSR count). The van der Waals surface area contributed by atoms with Crippen LogP contribution in [0, 0.1) is 5.41 Å². The van der Waals surface area contributed by atoms with Crippen molar-refractivity contribution in [3.63, 3.8) is 0 Å². The fourth-order valence-corrected chi connectivity index (χ4v) is 3.45. The summed E-state index contributed by atoms with van der Waals surface area (Å²) in [5.74, 6) is 0.0837. The first-order chi connectivity index (χ1) is 9.16. The molecule has 4 nitrogen and oxygen atoms in total. The molecule has 2 N–H and O–H groups in total. The number of ether oxygens (including phenoxy) is 1. The summed E-state index contributed by atoms with van der Waals surface area (Å²) < 4.78 is 6.00. The highest BCUT2D eigenvalue weighted by molar-refractivity contribution is 7.16. The fraction of sp³-hybridized carbons (Fsp3) is 0.615. The zero-order valence-electron chi connectivity index (χ0n) is 11.4. The number of amides is 1. The Balaban J connectivity index is 0.00000200. The van der Waals surface area contributed by atoms with Crippen LogP contribution in [0.1, 0.15) is 17.7 Å². The van der Waals surface area contributed by atoms with Crippen LogP contribution in [0.5, 0.6) is 0 Å². The summed E-state index contributed by atoms with van der Waals surface area (Å²) in [7, 11) is 1.65. The van der Waals surface area contributed by atoms with Crippen molar-refractivity contribution in [2.24, 2.45) is 5.41 Å². The minimum Gasteiger partial charge on any atom is -0.384 e. The molecular weight excluding hydrogens is 319 g/mol. The number of thiophene rings is 1. The van der Waals surface area contributed by atoms with Crippen LogP contribution in [0.4, 0.5) is 0 Å². The molecule has 1 aliphatic heterocycles. The number of hydrogen-bond acceptors (Lipinski definition) is 4. The van der Waals surface area contributed by atoms with Gasteiger partial charge < -0.3 is 15.4 Å². The Morgan fingerprint density at radius 2 is 2.20 bits per heavy atom. The summed E-state index contributed by atoms with van der Waals surface area (Å²) in [5.41, 5.74) is -0.388. The molecule has 0 aromatic carbocycles. The first-order valence-electron chi connectivity index (χ1n) is 6.38. The summed E-state index contributed by atoms with van der Waals surface area (Å²) in [4.78, 5) is 13.5. The molecular formula is C13H20Cl2N2O2S. The molecule has 0 spiro atoms. The van der Waals surface area contributed by atoms with Gasteiger partial charge in [0.1, 0.15) is 0 Å². The van der Waals surface area contributed by atoms with Crippen LogP contribution in [0.25, 0.3) is 0 Å². The van der Waals surface area contributed by atoms with E-state index in [4.69, 9.17) is 16.3 Å². The van der Waals surface area contributed by atoms with Crippen LogP contribution >= 0.6 is 35.3 Å². The molecule has 0 aliphatic carbocycles. The van der Waals surface area contributed by atoms with Crippen molar-refractivity contribution < 1.29 is 9.53 Å². The summed E-state index contributed by atoms with van der Waals surface area (Å²) >= 11 is 7.37. The first kappa shape index (κ1) is 17.7. The third kappa shape index (κ3) is 4.33. The van der Waals surface area contributed by atoms with Gasteiger partial charge in [-0.25, -0.2) is 0 Å². The minimum absolute atomic E-state index is 0. The van der Waals surface area contributed by atoms with E-state index in [1.165, 1.54) is 11.3 Å². The average Bonchev–Trinajstić information content (AvgIpc) is 2.83. The van der Waals surface area contributed by atoms with Crippen molar-refractivity contribution in [1.82, 2.24) is 10.6 Å². The smallest absolute Gasteiger partial charge is 0.228 e. The van der Waals surface area contributed by atoms with E-state index in [0.717, 1.165) is 35.1 Å². The van der Waals surface area contributed by atoms with Gasteiger partial charge in [-0.05, 0) is 38.1 Å². The van der Waals surface area contributed by atoms with Crippen molar-refractivity contribution in [3.8, 4) is 0 Å². The quantitative estimate of drug-likeness (QED) is 0.866. The molecule has 1 saturated heterocycles. The molecule has 0 radical (unpaired) electrons. The molecule has 114 valence electrons. The third-order valence-corrected chi connectivity index (χ3v) is 4.75. The van der Waals surface area contributed by atoms with Crippen molar-refractivity contribution >= 4 is 41.3 Å². The molecule has 2 heterocycles. The van der Waals surface area contributed by atoms with Gasteiger partial charge in [-0.3, -0.25) is 4.79 Å². The highest BCUT2D eigenvalue weighted by Crippen LogP contribution is 2.30. The Hall–Kier alpha value is -0.330. The van der Waals surface area contributed by atoms with Crippen LogP contribution < -0.4 is 10.6 Å². The average molecular weight is 339 g/mol. The van der Waals surface area contributed by atoms with Crippen LogP contribution in [-0.2, 0) is 16.1 Å². The maximum atomic E-state index is 12.4. The molecule has 0 saturated carbocycles. The van der Waals surface area contributed by atoms with E-state index >= 15 is 0 Å². The molecule has 1 aromatic heterocycles. The largest absolute Gasteiger partial charge is 0.384 e. The lowest BCUT2D eigenvalue weighted by Gasteiger charge is -2.35. The zero-order valence-corrected chi connectivity index (χ0v) is 13.8. The van der Waals surface area contributed by atoms with Gasteiger partial charge in [-0.2, -0.15) is 0 Å². The molecule has 20 heavy (non-hydrogen) atoms. The lowest BCUT2D eigenvalue weighted by molar-refractivity contribution is -0.136. The minimum atomic E-state index is -0.388. The lowest BCUT2D eigenvalue weighted by Crippen LogP contribution is -2.49. The molecule has 0 unspecified atom stereocenters. The maximum Gasteiger partial charge on any atom is 0.228 e. The summed E-state index contributed by atoms with van der Waals surface area (Å²) in [5, 5.41) is 6.29. The van der Waals surface area contributed by atoms with Gasteiger partial charge in [0.05, 0.1) is 22.9 Å². The Kier molecular flexibility index (Phi) is 7.26. The van der Waals surface area contributed by atoms with Crippen LogP contribution in [0.2, 0.25) is 4.34 Å². The summed E-state index contributed by atoms with van der Waals surface area (Å²) in [6.07, 6.45) is 1.63. The number of carbonyl (C=O) groups is 1. The molecule has 1 aromatic rings. The van der Waals surface area contributed by atoms with Crippen LogP contribution in [-0.4, -0.2) is 32.7 Å². The van der Waals surface area contributed by atoms with E-state index in [1.807, 2.05) is 12.1 Å². The fourth-order valence-electron chi connectivity index (χ4n) is 2.42. The van der Waals surface area contributed by atoms with E-state index in [2.05, 4.69) is 10.6 Å². The van der Waals surface area contributed by atoms with Crippen molar-refractivity contribution in [1.29, 1.82) is 0 Å². The highest BCUT2D eigenvalue weighted by atomic mass is 35.5. The maximum absolute atomic E-state index is 12.4. The normalized spacial score (nSPS) is 17.3. The van der Waals surface area contributed by atoms with Crippen molar-refractivity contribution in [3.05, 3.63) is 21.3 Å². The van der Waals surface area contributed by atoms with E-state index in [9.17, 15) is 4.79 Å². The molecule has 0 bridgehead atoms. The van der Waals surface area contributed by atoms with E-state index in [0.29, 0.717) is 13.2 Å². The van der Waals surface area contributed by atoms with Gasteiger partial charge >= 0.3 is 0 Å². The number of nitrogens with one attached hydrogen (secondary N) is 2. The molecule has 1 amide bonds. The topological polar surface area (TPSA) is 50.4 Å². The predicted octanol–water partition coefficient (Wildman–Crippen LogP) is 2.46. The zero-order chi connectivity index (χ0) is 13.7. The summed E-state index contributed by atoms with van der Waals surface area (Å²) in [6.45, 7) is 2.74. The highest BCUT2D eigenvalue weighted by Gasteiger charge is 2.39. The number of rotatable bonds is 5. The van der Waals surface area contributed by atoms with E-state index in [-0.39, 0.29) is 23.7 Å². The standard InChI is InChI=1S/C13H19ClN2O2S.ClH/c1-18-9-13(4-6-15-7-5-13)12(17)16-8-10-2-3-11(14)19-10;/h2-3,15H,4-9H2,1H3,(H,16,17);1H. The number of carbonyl (C=O) groups excluding carboxylic acids is 1. The second kappa shape index (κ2) is 8.20. The van der Waals surface area contributed by atoms with Gasteiger partial charge in [-0.1, -0.05) is 11.6 Å². The predicted molar refractivity (Wildman–Crippen MR) is 84.8 cm³/mol. The number of hydrogen-bond donors (Lipinski definition) is 2. The lowest BCUT2D eigenvalue weighted by atomic mass is 9.78. The van der Waals surface area contributed by atoms with Crippen molar-refractivity contribution in [2.45, 2.75) is 19.4 Å². The Bertz CT molecular complexity index is 428. The van der Waals surface area contributed by atoms with Crippen molar-refractivity contribution in [2.75, 3.05) is 26.8 Å². The Morgan fingerprint density at radius 3 is 2.75 bits per heavy atom. The van der Waals surface area contributed by atoms with Gasteiger partial charge in [0.25, 0.3) is 0 Å². The second-order valence-electron chi connectivity index (χ2n) is 4.85. The van der Waals surface area contributed by atoms with E-state index in [1.54, 1.807) is 7.11 Å². The van der Waals surface area contributed by atoms with Gasteiger partial charge in [0, 0.05) is 12.0 Å². The molecule has 1 fully saturated rings. The molecule has 1 aliphatic rings. The first-order valence-corrected chi connectivity index (χ1v) is 7.58.